The van der Waals surface area contributed by atoms with Gasteiger partial charge in [-0.15, -0.1) is 0 Å². The van der Waals surface area contributed by atoms with Crippen molar-refractivity contribution in [1.82, 2.24) is 4.90 Å². The SMILES string of the molecule is COc1cc(C(=O)N2CCOC3CS(=O)(=O)CC32)cc(OC)c1OC. The lowest BCUT2D eigenvalue weighted by Gasteiger charge is -2.36. The smallest absolute Gasteiger partial charge is 0.254 e. The van der Waals surface area contributed by atoms with Crippen LogP contribution < -0.4 is 14.2 Å². The Morgan fingerprint density at radius 2 is 1.76 bits per heavy atom. The molecule has 8 nitrogen and oxygen atoms in total. The molecule has 3 rings (SSSR count). The molecule has 2 aliphatic heterocycles. The number of hydrogen-bond donors (Lipinski definition) is 0. The zero-order valence-electron chi connectivity index (χ0n) is 14.4. The molecule has 0 bridgehead atoms. The maximum atomic E-state index is 13.0. The Kier molecular flexibility index (Phi) is 4.79. The van der Waals surface area contributed by atoms with Gasteiger partial charge in [0.25, 0.3) is 5.91 Å². The number of benzene rings is 1. The minimum Gasteiger partial charge on any atom is -0.493 e. The van der Waals surface area contributed by atoms with Gasteiger partial charge >= 0.3 is 0 Å². The van der Waals surface area contributed by atoms with E-state index in [2.05, 4.69) is 0 Å². The summed E-state index contributed by atoms with van der Waals surface area (Å²) >= 11 is 0. The molecule has 2 atom stereocenters. The van der Waals surface area contributed by atoms with E-state index >= 15 is 0 Å². The second-order valence-corrected chi connectivity index (χ2v) is 8.12. The summed E-state index contributed by atoms with van der Waals surface area (Å²) in [5, 5.41) is 0. The molecule has 9 heteroatoms. The van der Waals surface area contributed by atoms with Gasteiger partial charge in [0, 0.05) is 12.1 Å². The van der Waals surface area contributed by atoms with E-state index in [0.29, 0.717) is 36.0 Å². The van der Waals surface area contributed by atoms with Crippen LogP contribution in [0.5, 0.6) is 17.2 Å². The minimum atomic E-state index is -3.20. The van der Waals surface area contributed by atoms with Gasteiger partial charge in [0.2, 0.25) is 5.75 Å². The summed E-state index contributed by atoms with van der Waals surface area (Å²) in [5.74, 6) is 0.729. The van der Waals surface area contributed by atoms with Gasteiger partial charge in [-0.3, -0.25) is 4.79 Å². The predicted molar refractivity (Wildman–Crippen MR) is 89.3 cm³/mol. The number of ether oxygens (including phenoxy) is 4. The summed E-state index contributed by atoms with van der Waals surface area (Å²) in [6.07, 6.45) is -0.468. The van der Waals surface area contributed by atoms with Crippen LogP contribution in [0, 0.1) is 0 Å². The van der Waals surface area contributed by atoms with Crippen LogP contribution in [0.25, 0.3) is 0 Å². The van der Waals surface area contributed by atoms with Crippen molar-refractivity contribution in [3.05, 3.63) is 17.7 Å². The highest BCUT2D eigenvalue weighted by Crippen LogP contribution is 2.39. The number of fused-ring (bicyclic) bond motifs is 1. The maximum Gasteiger partial charge on any atom is 0.254 e. The fourth-order valence-corrected chi connectivity index (χ4v) is 5.21. The number of hydrogen-bond acceptors (Lipinski definition) is 7. The molecule has 0 aliphatic carbocycles. The summed E-state index contributed by atoms with van der Waals surface area (Å²) in [6, 6.07) is 2.67. The van der Waals surface area contributed by atoms with Crippen molar-refractivity contribution in [3.8, 4) is 17.2 Å². The Morgan fingerprint density at radius 3 is 2.32 bits per heavy atom. The molecular formula is C16H21NO7S. The molecule has 0 saturated carbocycles. The van der Waals surface area contributed by atoms with E-state index < -0.39 is 22.0 Å². The Balaban J connectivity index is 1.95. The zero-order valence-corrected chi connectivity index (χ0v) is 15.2. The van der Waals surface area contributed by atoms with Crippen molar-refractivity contribution in [2.45, 2.75) is 12.1 Å². The summed E-state index contributed by atoms with van der Waals surface area (Å²) in [7, 11) is 1.23. The van der Waals surface area contributed by atoms with Gasteiger partial charge in [-0.1, -0.05) is 0 Å². The van der Waals surface area contributed by atoms with E-state index in [4.69, 9.17) is 18.9 Å². The quantitative estimate of drug-likeness (QED) is 0.754. The summed E-state index contributed by atoms with van der Waals surface area (Å²) in [5.41, 5.74) is 0.347. The number of carbonyl (C=O) groups is 1. The van der Waals surface area contributed by atoms with Crippen molar-refractivity contribution in [1.29, 1.82) is 0 Å². The number of nitrogens with zero attached hydrogens (tertiary/aromatic N) is 1. The normalized spacial score (nSPS) is 24.5. The van der Waals surface area contributed by atoms with Gasteiger partial charge in [-0.05, 0) is 12.1 Å². The van der Waals surface area contributed by atoms with Crippen LogP contribution in [-0.4, -0.2) is 77.4 Å². The summed E-state index contributed by atoms with van der Waals surface area (Å²) in [4.78, 5) is 14.6. The van der Waals surface area contributed by atoms with Crippen LogP contribution in [0.2, 0.25) is 0 Å². The van der Waals surface area contributed by atoms with E-state index in [1.807, 2.05) is 0 Å². The predicted octanol–water partition coefficient (Wildman–Crippen LogP) is 0.350. The Morgan fingerprint density at radius 1 is 1.12 bits per heavy atom. The molecule has 2 saturated heterocycles. The number of rotatable bonds is 4. The molecule has 1 aromatic carbocycles. The molecular weight excluding hydrogens is 350 g/mol. The minimum absolute atomic E-state index is 0.0449. The molecule has 2 fully saturated rings. The highest BCUT2D eigenvalue weighted by molar-refractivity contribution is 7.91. The first-order valence-corrected chi connectivity index (χ1v) is 9.65. The average Bonchev–Trinajstić information content (AvgIpc) is 2.93. The molecule has 0 radical (unpaired) electrons. The van der Waals surface area contributed by atoms with Gasteiger partial charge < -0.3 is 23.8 Å². The highest BCUT2D eigenvalue weighted by Gasteiger charge is 2.45. The van der Waals surface area contributed by atoms with E-state index in [1.54, 1.807) is 17.0 Å². The van der Waals surface area contributed by atoms with E-state index in [-0.39, 0.29) is 17.4 Å². The number of carbonyl (C=O) groups excluding carboxylic acids is 1. The second-order valence-electron chi connectivity index (χ2n) is 5.97. The molecule has 25 heavy (non-hydrogen) atoms. The van der Waals surface area contributed by atoms with E-state index in [9.17, 15) is 13.2 Å². The number of amides is 1. The molecule has 138 valence electrons. The molecule has 2 heterocycles. The first-order valence-electron chi connectivity index (χ1n) is 7.83. The molecule has 1 aromatic rings. The maximum absolute atomic E-state index is 13.0. The largest absolute Gasteiger partial charge is 0.493 e. The monoisotopic (exact) mass is 371 g/mol. The van der Waals surface area contributed by atoms with Crippen molar-refractivity contribution in [2.75, 3.05) is 46.0 Å². The topological polar surface area (TPSA) is 91.4 Å². The van der Waals surface area contributed by atoms with Crippen molar-refractivity contribution < 1.29 is 32.2 Å². The first-order chi connectivity index (χ1) is 11.9. The van der Waals surface area contributed by atoms with Gasteiger partial charge in [0.05, 0.1) is 51.6 Å². The second kappa shape index (κ2) is 6.72. The summed E-state index contributed by atoms with van der Waals surface area (Å²) < 4.78 is 45.2. The molecule has 2 aliphatic rings. The molecule has 2 unspecified atom stereocenters. The Labute approximate surface area is 146 Å². The third-order valence-electron chi connectivity index (χ3n) is 4.51. The number of sulfone groups is 1. The Bertz CT molecular complexity index is 752. The third-order valence-corrected chi connectivity index (χ3v) is 6.19. The van der Waals surface area contributed by atoms with Crippen LogP contribution in [0.1, 0.15) is 10.4 Å². The summed E-state index contributed by atoms with van der Waals surface area (Å²) in [6.45, 7) is 0.652. The zero-order chi connectivity index (χ0) is 18.2. The van der Waals surface area contributed by atoms with Crippen molar-refractivity contribution in [3.63, 3.8) is 0 Å². The van der Waals surface area contributed by atoms with Crippen molar-refractivity contribution in [2.24, 2.45) is 0 Å². The van der Waals surface area contributed by atoms with Gasteiger partial charge in [0.1, 0.15) is 0 Å². The van der Waals surface area contributed by atoms with Crippen molar-refractivity contribution >= 4 is 15.7 Å². The standard InChI is InChI=1S/C16H21NO7S/c1-21-12-6-10(7-13(22-2)15(12)23-3)16(18)17-4-5-24-14-9-25(19,20)8-11(14)17/h6-7,11,14H,4-5,8-9H2,1-3H3. The van der Waals surface area contributed by atoms with Gasteiger partial charge in [0.15, 0.2) is 21.3 Å². The van der Waals surface area contributed by atoms with Crippen LogP contribution >= 0.6 is 0 Å². The molecule has 0 aromatic heterocycles. The molecule has 0 spiro atoms. The van der Waals surface area contributed by atoms with E-state index in [0.717, 1.165) is 0 Å². The highest BCUT2D eigenvalue weighted by atomic mass is 32.2. The van der Waals surface area contributed by atoms with Gasteiger partial charge in [-0.25, -0.2) is 8.42 Å². The van der Waals surface area contributed by atoms with Gasteiger partial charge in [-0.2, -0.15) is 0 Å². The molecule has 1 amide bonds. The number of morpholine rings is 1. The van der Waals surface area contributed by atoms with E-state index in [1.165, 1.54) is 21.3 Å². The lowest BCUT2D eigenvalue weighted by molar-refractivity contribution is -0.0361. The third kappa shape index (κ3) is 3.25. The Hall–Kier alpha value is -2.00. The fraction of sp³-hybridized carbons (Fsp3) is 0.562. The number of methoxy groups -OCH3 is 3. The lowest BCUT2D eigenvalue weighted by atomic mass is 10.1. The lowest BCUT2D eigenvalue weighted by Crippen LogP contribution is -2.53. The first kappa shape index (κ1) is 17.8. The van der Waals surface area contributed by atoms with Crippen LogP contribution in [-0.2, 0) is 14.6 Å². The van der Waals surface area contributed by atoms with Crippen LogP contribution in [0.3, 0.4) is 0 Å². The molecule has 0 N–H and O–H groups in total. The fourth-order valence-electron chi connectivity index (χ4n) is 3.34. The van der Waals surface area contributed by atoms with Crippen LogP contribution in [0.4, 0.5) is 0 Å². The average molecular weight is 371 g/mol. The van der Waals surface area contributed by atoms with Crippen LogP contribution in [0.15, 0.2) is 12.1 Å².